The van der Waals surface area contributed by atoms with Crippen molar-refractivity contribution in [1.82, 2.24) is 0 Å². The Morgan fingerprint density at radius 1 is 1.00 bits per heavy atom. The van der Waals surface area contributed by atoms with Crippen molar-refractivity contribution in [3.63, 3.8) is 0 Å². The van der Waals surface area contributed by atoms with Crippen LogP contribution in [0.3, 0.4) is 0 Å². The second kappa shape index (κ2) is 3.60. The van der Waals surface area contributed by atoms with Crippen molar-refractivity contribution in [2.75, 3.05) is 0 Å². The topological polar surface area (TPSA) is 74.6 Å². The fourth-order valence-electron chi connectivity index (χ4n) is 0.947. The largest absolute Gasteiger partial charge is 0.478 e. The summed E-state index contributed by atoms with van der Waals surface area (Å²) in [4.78, 5) is 20.6. The predicted octanol–water partition coefficient (Wildman–Crippen LogP) is 1.50. The Balaban J connectivity index is 3.58. The van der Waals surface area contributed by atoms with Crippen LogP contribution in [0.4, 0.5) is 13.2 Å². The highest BCUT2D eigenvalue weighted by atomic mass is 19.2. The number of benzene rings is 1. The van der Waals surface area contributed by atoms with Gasteiger partial charge in [0.1, 0.15) is 16.9 Å². The highest BCUT2D eigenvalue weighted by molar-refractivity contribution is 5.92. The van der Waals surface area contributed by atoms with Crippen LogP contribution in [-0.4, -0.2) is 22.2 Å². The fraction of sp³-hybridized carbons (Fsp3) is 0. The van der Waals surface area contributed by atoms with Gasteiger partial charge in [0, 0.05) is 0 Å². The molecule has 0 radical (unpaired) electrons. The summed E-state index contributed by atoms with van der Waals surface area (Å²) in [7, 11) is 0. The third-order valence-corrected chi connectivity index (χ3v) is 1.60. The first-order valence-corrected chi connectivity index (χ1v) is 3.50. The van der Waals surface area contributed by atoms with E-state index in [2.05, 4.69) is 0 Å². The quantitative estimate of drug-likeness (QED) is 0.740. The predicted molar refractivity (Wildman–Crippen MR) is 40.2 cm³/mol. The minimum atomic E-state index is -2.03. The highest BCUT2D eigenvalue weighted by Gasteiger charge is 2.26. The van der Waals surface area contributed by atoms with Gasteiger partial charge in [-0.25, -0.2) is 22.8 Å². The summed E-state index contributed by atoms with van der Waals surface area (Å²) in [6, 6.07) is 0.115. The summed E-state index contributed by atoms with van der Waals surface area (Å²) in [6.45, 7) is 0. The first-order valence-electron chi connectivity index (χ1n) is 3.50. The maximum absolute atomic E-state index is 12.9. The van der Waals surface area contributed by atoms with Gasteiger partial charge in [0.2, 0.25) is 0 Å². The van der Waals surface area contributed by atoms with Crippen LogP contribution in [0.1, 0.15) is 20.7 Å². The van der Waals surface area contributed by atoms with Gasteiger partial charge < -0.3 is 10.2 Å². The Kier molecular flexibility index (Phi) is 2.65. The van der Waals surface area contributed by atoms with Gasteiger partial charge in [-0.2, -0.15) is 0 Å². The summed E-state index contributed by atoms with van der Waals surface area (Å²) in [5.41, 5.74) is -2.77. The van der Waals surface area contributed by atoms with Crippen LogP contribution in [-0.2, 0) is 0 Å². The Hall–Kier alpha value is -2.05. The zero-order valence-electron chi connectivity index (χ0n) is 6.92. The van der Waals surface area contributed by atoms with E-state index in [4.69, 9.17) is 10.2 Å². The molecule has 0 aliphatic rings. The molecule has 0 aliphatic carbocycles. The monoisotopic (exact) mass is 220 g/mol. The molecule has 0 unspecified atom stereocenters. The van der Waals surface area contributed by atoms with E-state index in [-0.39, 0.29) is 6.07 Å². The maximum Gasteiger partial charge on any atom is 0.341 e. The number of rotatable bonds is 2. The lowest BCUT2D eigenvalue weighted by molar-refractivity contribution is 0.0665. The minimum Gasteiger partial charge on any atom is -0.478 e. The van der Waals surface area contributed by atoms with E-state index in [9.17, 15) is 22.8 Å². The molecule has 4 nitrogen and oxygen atoms in total. The molecule has 0 spiro atoms. The van der Waals surface area contributed by atoms with E-state index in [1.807, 2.05) is 0 Å². The van der Waals surface area contributed by atoms with Crippen LogP contribution >= 0.6 is 0 Å². The lowest BCUT2D eigenvalue weighted by Gasteiger charge is -2.03. The number of aromatic carboxylic acids is 2. The molecule has 80 valence electrons. The summed E-state index contributed by atoms with van der Waals surface area (Å²) in [5, 5.41) is 16.6. The van der Waals surface area contributed by atoms with E-state index >= 15 is 0 Å². The summed E-state index contributed by atoms with van der Waals surface area (Å²) >= 11 is 0. The standard InChI is InChI=1S/C8H3F3O4/c9-3-1-2(7(12)13)5(10)6(11)4(3)8(14)15/h1H,(H,12,13)(H,14,15). The summed E-state index contributed by atoms with van der Waals surface area (Å²) in [6.07, 6.45) is 0. The number of hydrogen-bond donors (Lipinski definition) is 2. The van der Waals surface area contributed by atoms with Crippen LogP contribution in [0.15, 0.2) is 6.07 Å². The van der Waals surface area contributed by atoms with E-state index in [1.165, 1.54) is 0 Å². The lowest BCUT2D eigenvalue weighted by atomic mass is 10.1. The Morgan fingerprint density at radius 2 is 1.53 bits per heavy atom. The van der Waals surface area contributed by atoms with Crippen LogP contribution < -0.4 is 0 Å². The molecule has 1 aromatic carbocycles. The smallest absolute Gasteiger partial charge is 0.341 e. The van der Waals surface area contributed by atoms with Crippen molar-refractivity contribution in [3.8, 4) is 0 Å². The number of carboxylic acids is 2. The molecule has 1 rings (SSSR count). The molecular formula is C8H3F3O4. The molecule has 0 bridgehead atoms. The van der Waals surface area contributed by atoms with Gasteiger partial charge in [-0.15, -0.1) is 0 Å². The Labute approximate surface area is 80.6 Å². The Morgan fingerprint density at radius 3 is 1.93 bits per heavy atom. The molecule has 0 saturated carbocycles. The molecule has 0 atom stereocenters. The minimum absolute atomic E-state index is 0.115. The van der Waals surface area contributed by atoms with Crippen molar-refractivity contribution in [3.05, 3.63) is 34.6 Å². The van der Waals surface area contributed by atoms with Crippen molar-refractivity contribution in [2.45, 2.75) is 0 Å². The molecule has 2 N–H and O–H groups in total. The molecular weight excluding hydrogens is 217 g/mol. The molecule has 0 fully saturated rings. The Bertz CT molecular complexity index is 456. The zero-order valence-corrected chi connectivity index (χ0v) is 6.92. The fourth-order valence-corrected chi connectivity index (χ4v) is 0.947. The molecule has 0 aromatic heterocycles. The molecule has 15 heavy (non-hydrogen) atoms. The second-order valence-electron chi connectivity index (χ2n) is 2.52. The molecule has 1 aromatic rings. The van der Waals surface area contributed by atoms with Crippen LogP contribution in [0, 0.1) is 17.5 Å². The molecule has 0 amide bonds. The number of carboxylic acid groups (broad SMARTS) is 2. The van der Waals surface area contributed by atoms with Crippen molar-refractivity contribution in [2.24, 2.45) is 0 Å². The van der Waals surface area contributed by atoms with Gasteiger partial charge in [0.05, 0.1) is 0 Å². The average molecular weight is 220 g/mol. The van der Waals surface area contributed by atoms with E-state index < -0.39 is 40.5 Å². The van der Waals surface area contributed by atoms with E-state index in [1.54, 1.807) is 0 Å². The van der Waals surface area contributed by atoms with Crippen LogP contribution in [0.2, 0.25) is 0 Å². The van der Waals surface area contributed by atoms with Crippen molar-refractivity contribution in [1.29, 1.82) is 0 Å². The third-order valence-electron chi connectivity index (χ3n) is 1.60. The first kappa shape index (κ1) is 11.0. The van der Waals surface area contributed by atoms with Crippen LogP contribution in [0.5, 0.6) is 0 Å². The van der Waals surface area contributed by atoms with Crippen molar-refractivity contribution < 1.29 is 33.0 Å². The third kappa shape index (κ3) is 1.76. The van der Waals surface area contributed by atoms with Gasteiger partial charge in [-0.3, -0.25) is 0 Å². The highest BCUT2D eigenvalue weighted by Crippen LogP contribution is 2.20. The van der Waals surface area contributed by atoms with Gasteiger partial charge in [-0.1, -0.05) is 0 Å². The molecule has 0 saturated heterocycles. The van der Waals surface area contributed by atoms with Gasteiger partial charge in [0.25, 0.3) is 0 Å². The normalized spacial score (nSPS) is 10.1. The van der Waals surface area contributed by atoms with E-state index in [0.717, 1.165) is 0 Å². The average Bonchev–Trinajstić information content (AvgIpc) is 2.10. The first-order chi connectivity index (χ1) is 6.86. The second-order valence-corrected chi connectivity index (χ2v) is 2.52. The number of hydrogen-bond acceptors (Lipinski definition) is 2. The van der Waals surface area contributed by atoms with E-state index in [0.29, 0.717) is 0 Å². The number of halogens is 3. The van der Waals surface area contributed by atoms with Gasteiger partial charge in [0.15, 0.2) is 11.6 Å². The summed E-state index contributed by atoms with van der Waals surface area (Å²) in [5.74, 6) is -9.47. The molecule has 0 aliphatic heterocycles. The number of carbonyl (C=O) groups is 2. The molecule has 7 heteroatoms. The lowest BCUT2D eigenvalue weighted by Crippen LogP contribution is -2.12. The van der Waals surface area contributed by atoms with Crippen molar-refractivity contribution >= 4 is 11.9 Å². The zero-order chi connectivity index (χ0) is 11.7. The van der Waals surface area contributed by atoms with Gasteiger partial charge in [-0.05, 0) is 6.07 Å². The van der Waals surface area contributed by atoms with Gasteiger partial charge >= 0.3 is 11.9 Å². The van der Waals surface area contributed by atoms with Crippen LogP contribution in [0.25, 0.3) is 0 Å². The summed E-state index contributed by atoms with van der Waals surface area (Å²) < 4.78 is 38.6. The molecule has 0 heterocycles. The SMILES string of the molecule is O=C(O)c1cc(F)c(C(=O)O)c(F)c1F. The maximum atomic E-state index is 12.9.